The first-order chi connectivity index (χ1) is 8.33. The van der Waals surface area contributed by atoms with E-state index in [-0.39, 0.29) is 0 Å². The molecule has 3 heteroatoms. The van der Waals surface area contributed by atoms with Gasteiger partial charge >= 0.3 is 0 Å². The van der Waals surface area contributed by atoms with E-state index in [0.717, 1.165) is 36.8 Å². The molecule has 87 valence electrons. The third-order valence-corrected chi connectivity index (χ3v) is 2.65. The molecule has 0 N–H and O–H groups in total. The van der Waals surface area contributed by atoms with Crippen molar-refractivity contribution in [2.75, 3.05) is 0 Å². The van der Waals surface area contributed by atoms with Gasteiger partial charge in [0, 0.05) is 23.9 Å². The van der Waals surface area contributed by atoms with Crippen molar-refractivity contribution in [1.29, 1.82) is 0 Å². The first-order valence-electron chi connectivity index (χ1n) is 5.71. The van der Waals surface area contributed by atoms with Crippen LogP contribution < -0.4 is 0 Å². The first-order valence-corrected chi connectivity index (χ1v) is 5.71. The molecule has 3 nitrogen and oxygen atoms in total. The number of rotatable bonds is 5. The summed E-state index contributed by atoms with van der Waals surface area (Å²) in [6.45, 7) is 4.71. The summed E-state index contributed by atoms with van der Waals surface area (Å²) in [5.74, 6) is 0. The molecule has 0 saturated carbocycles. The maximum Gasteiger partial charge on any atom is 0.150 e. The van der Waals surface area contributed by atoms with Gasteiger partial charge in [-0.25, -0.2) is 0 Å². The van der Waals surface area contributed by atoms with E-state index < -0.39 is 0 Å². The monoisotopic (exact) mass is 227 g/mol. The molecule has 0 amide bonds. The van der Waals surface area contributed by atoms with E-state index in [2.05, 4.69) is 12.0 Å². The van der Waals surface area contributed by atoms with Crippen molar-refractivity contribution in [2.45, 2.75) is 19.4 Å². The number of carbonyl (C=O) groups is 1. The number of unbranched alkanes of at least 4 members (excludes halogenated alkanes) is 1. The number of benzene rings is 1. The second kappa shape index (κ2) is 5.43. The number of hydrogen-bond donors (Lipinski definition) is 0. The summed E-state index contributed by atoms with van der Waals surface area (Å²) in [4.78, 5) is 10.6. The molecule has 1 aromatic carbocycles. The Balaban J connectivity index is 2.15. The first kappa shape index (κ1) is 11.6. The Hall–Kier alpha value is -1.90. The largest absolute Gasteiger partial charge is 0.298 e. The lowest BCUT2D eigenvalue weighted by Crippen LogP contribution is -1.96. The van der Waals surface area contributed by atoms with Gasteiger partial charge in [0.15, 0.2) is 0 Å². The van der Waals surface area contributed by atoms with Crippen LogP contribution in [0.1, 0.15) is 23.2 Å². The Morgan fingerprint density at radius 3 is 2.65 bits per heavy atom. The van der Waals surface area contributed by atoms with E-state index in [0.29, 0.717) is 5.56 Å². The molecule has 1 heterocycles. The minimum Gasteiger partial charge on any atom is -0.298 e. The molecule has 0 bridgehead atoms. The summed E-state index contributed by atoms with van der Waals surface area (Å²) in [6, 6.07) is 7.50. The molecule has 0 aliphatic rings. The third kappa shape index (κ3) is 2.81. The van der Waals surface area contributed by atoms with Gasteiger partial charge in [0.25, 0.3) is 0 Å². The van der Waals surface area contributed by atoms with Crippen LogP contribution in [0.5, 0.6) is 0 Å². The quantitative estimate of drug-likeness (QED) is 0.736. The molecule has 0 aliphatic carbocycles. The highest BCUT2D eigenvalue weighted by molar-refractivity contribution is 5.76. The molecular formula is C14H15N2O. The van der Waals surface area contributed by atoms with Crippen LogP contribution in [-0.4, -0.2) is 16.1 Å². The van der Waals surface area contributed by atoms with Gasteiger partial charge in [-0.1, -0.05) is 37.6 Å². The Labute approximate surface area is 101 Å². The highest BCUT2D eigenvalue weighted by Crippen LogP contribution is 2.18. The van der Waals surface area contributed by atoms with Gasteiger partial charge in [-0.15, -0.1) is 0 Å². The van der Waals surface area contributed by atoms with E-state index in [1.54, 1.807) is 0 Å². The average molecular weight is 227 g/mol. The summed E-state index contributed by atoms with van der Waals surface area (Å²) in [7, 11) is 0. The van der Waals surface area contributed by atoms with Crippen LogP contribution in [0.4, 0.5) is 0 Å². The van der Waals surface area contributed by atoms with Gasteiger partial charge in [-0.2, -0.15) is 5.10 Å². The maximum absolute atomic E-state index is 10.6. The van der Waals surface area contributed by atoms with Crippen LogP contribution in [0.25, 0.3) is 11.1 Å². The van der Waals surface area contributed by atoms with Crippen LogP contribution in [0.3, 0.4) is 0 Å². The number of aromatic nitrogens is 2. The molecule has 1 radical (unpaired) electrons. The molecule has 0 aliphatic heterocycles. The van der Waals surface area contributed by atoms with E-state index in [1.165, 1.54) is 0 Å². The number of aldehydes is 1. The summed E-state index contributed by atoms with van der Waals surface area (Å²) >= 11 is 0. The van der Waals surface area contributed by atoms with Crippen molar-refractivity contribution >= 4 is 6.29 Å². The van der Waals surface area contributed by atoms with Gasteiger partial charge in [-0.05, 0) is 12.0 Å². The van der Waals surface area contributed by atoms with Crippen LogP contribution in [0.2, 0.25) is 0 Å². The highest BCUT2D eigenvalue weighted by Gasteiger charge is 2.01. The topological polar surface area (TPSA) is 34.9 Å². The Kier molecular flexibility index (Phi) is 3.70. The predicted octanol–water partition coefficient (Wildman–Crippen LogP) is 2.98. The average Bonchev–Trinajstić information content (AvgIpc) is 2.85. The number of carbonyl (C=O) groups excluding carboxylic acids is 1. The molecule has 0 atom stereocenters. The normalized spacial score (nSPS) is 10.4. The number of aryl methyl sites for hydroxylation is 1. The molecule has 0 fully saturated rings. The van der Waals surface area contributed by atoms with Crippen LogP contribution in [0, 0.1) is 6.92 Å². The predicted molar refractivity (Wildman–Crippen MR) is 67.6 cm³/mol. The summed E-state index contributed by atoms with van der Waals surface area (Å²) in [5.41, 5.74) is 2.85. The molecular weight excluding hydrogens is 212 g/mol. The smallest absolute Gasteiger partial charge is 0.150 e. The van der Waals surface area contributed by atoms with Crippen molar-refractivity contribution in [3.8, 4) is 11.1 Å². The highest BCUT2D eigenvalue weighted by atomic mass is 16.1. The van der Waals surface area contributed by atoms with E-state index in [9.17, 15) is 4.79 Å². The van der Waals surface area contributed by atoms with Gasteiger partial charge in [0.1, 0.15) is 6.29 Å². The molecule has 2 aromatic rings. The van der Waals surface area contributed by atoms with Crippen LogP contribution in [-0.2, 0) is 6.54 Å². The standard InChI is InChI=1S/C14H15N2O/c1-2-3-8-16-10-14(9-15-16)13-6-4-12(11-17)5-7-13/h4-7,9-11H,1-3,8H2. The number of nitrogens with zero attached hydrogens (tertiary/aromatic N) is 2. The molecule has 0 spiro atoms. The van der Waals surface area contributed by atoms with E-state index >= 15 is 0 Å². The van der Waals surface area contributed by atoms with Crippen molar-refractivity contribution in [2.24, 2.45) is 0 Å². The molecule has 2 rings (SSSR count). The van der Waals surface area contributed by atoms with Crippen molar-refractivity contribution in [3.05, 3.63) is 49.1 Å². The van der Waals surface area contributed by atoms with Gasteiger partial charge in [-0.3, -0.25) is 9.48 Å². The Bertz CT molecular complexity index is 485. The second-order valence-electron chi connectivity index (χ2n) is 3.94. The third-order valence-electron chi connectivity index (χ3n) is 2.65. The zero-order valence-corrected chi connectivity index (χ0v) is 9.67. The SMILES string of the molecule is [CH2]CCCn1cc(-c2ccc(C=O)cc2)cn1. The zero-order valence-electron chi connectivity index (χ0n) is 9.67. The van der Waals surface area contributed by atoms with Gasteiger partial charge in [0.05, 0.1) is 6.20 Å². The lowest BCUT2D eigenvalue weighted by atomic mass is 10.1. The Morgan fingerprint density at radius 2 is 2.00 bits per heavy atom. The molecule has 17 heavy (non-hydrogen) atoms. The fraction of sp³-hybridized carbons (Fsp3) is 0.214. The van der Waals surface area contributed by atoms with Crippen molar-refractivity contribution in [1.82, 2.24) is 9.78 Å². The number of hydrogen-bond acceptors (Lipinski definition) is 2. The maximum atomic E-state index is 10.6. The fourth-order valence-electron chi connectivity index (χ4n) is 1.66. The molecule has 0 saturated heterocycles. The van der Waals surface area contributed by atoms with Crippen LogP contribution in [0.15, 0.2) is 36.7 Å². The fourth-order valence-corrected chi connectivity index (χ4v) is 1.66. The van der Waals surface area contributed by atoms with E-state index in [4.69, 9.17) is 0 Å². The lowest BCUT2D eigenvalue weighted by molar-refractivity contribution is 0.112. The summed E-state index contributed by atoms with van der Waals surface area (Å²) in [6.07, 6.45) is 6.67. The molecule has 0 unspecified atom stereocenters. The minimum absolute atomic E-state index is 0.693. The lowest BCUT2D eigenvalue weighted by Gasteiger charge is -1.98. The summed E-state index contributed by atoms with van der Waals surface area (Å²) < 4.78 is 1.92. The van der Waals surface area contributed by atoms with Crippen molar-refractivity contribution < 1.29 is 4.79 Å². The van der Waals surface area contributed by atoms with Gasteiger partial charge in [0.2, 0.25) is 0 Å². The van der Waals surface area contributed by atoms with E-state index in [1.807, 2.05) is 41.3 Å². The summed E-state index contributed by atoms with van der Waals surface area (Å²) in [5, 5.41) is 4.29. The van der Waals surface area contributed by atoms with Crippen LogP contribution >= 0.6 is 0 Å². The van der Waals surface area contributed by atoms with Crippen molar-refractivity contribution in [3.63, 3.8) is 0 Å². The molecule has 1 aromatic heterocycles. The second-order valence-corrected chi connectivity index (χ2v) is 3.94. The Morgan fingerprint density at radius 1 is 1.24 bits per heavy atom. The minimum atomic E-state index is 0.693. The zero-order chi connectivity index (χ0) is 12.1. The van der Waals surface area contributed by atoms with Gasteiger partial charge < -0.3 is 0 Å².